The van der Waals surface area contributed by atoms with Crippen LogP contribution in [0.4, 0.5) is 5.13 Å². The number of anilines is 1. The SMILES string of the molecule is COc1ccc(OC)c(CC(=O)Nc2nc(C3=CCCC=C3)cs2)c1. The van der Waals surface area contributed by atoms with E-state index in [2.05, 4.69) is 28.5 Å². The molecule has 0 fully saturated rings. The molecule has 1 aromatic carbocycles. The number of amides is 1. The molecule has 1 heterocycles. The Labute approximate surface area is 151 Å². The number of ether oxygens (including phenoxy) is 2. The maximum Gasteiger partial charge on any atom is 0.230 e. The van der Waals surface area contributed by atoms with Crippen molar-refractivity contribution in [1.82, 2.24) is 4.98 Å². The molecule has 3 rings (SSSR count). The van der Waals surface area contributed by atoms with Crippen LogP contribution in [0.5, 0.6) is 11.5 Å². The number of rotatable bonds is 6. The van der Waals surface area contributed by atoms with E-state index in [1.807, 2.05) is 11.4 Å². The summed E-state index contributed by atoms with van der Waals surface area (Å²) in [6, 6.07) is 5.41. The molecule has 1 amide bonds. The number of allylic oxidation sites excluding steroid dienone is 4. The molecule has 1 aromatic heterocycles. The molecule has 0 aliphatic heterocycles. The summed E-state index contributed by atoms with van der Waals surface area (Å²) in [5.74, 6) is 1.21. The van der Waals surface area contributed by atoms with E-state index in [9.17, 15) is 4.79 Å². The fraction of sp³-hybridized carbons (Fsp3) is 0.263. The third kappa shape index (κ3) is 4.28. The second kappa shape index (κ2) is 7.98. The van der Waals surface area contributed by atoms with Gasteiger partial charge < -0.3 is 14.8 Å². The Kier molecular flexibility index (Phi) is 5.50. The van der Waals surface area contributed by atoms with E-state index < -0.39 is 0 Å². The van der Waals surface area contributed by atoms with Gasteiger partial charge in [-0.25, -0.2) is 4.98 Å². The average Bonchev–Trinajstić information content (AvgIpc) is 3.10. The van der Waals surface area contributed by atoms with Crippen LogP contribution in [0, 0.1) is 0 Å². The zero-order valence-corrected chi connectivity index (χ0v) is 15.1. The minimum absolute atomic E-state index is 0.138. The van der Waals surface area contributed by atoms with Crippen molar-refractivity contribution in [2.45, 2.75) is 19.3 Å². The van der Waals surface area contributed by atoms with Crippen LogP contribution < -0.4 is 14.8 Å². The Morgan fingerprint density at radius 2 is 2.16 bits per heavy atom. The highest BCUT2D eigenvalue weighted by Gasteiger charge is 2.13. The van der Waals surface area contributed by atoms with E-state index >= 15 is 0 Å². The fourth-order valence-corrected chi connectivity index (χ4v) is 3.36. The van der Waals surface area contributed by atoms with Crippen LogP contribution in [0.3, 0.4) is 0 Å². The van der Waals surface area contributed by atoms with Crippen LogP contribution >= 0.6 is 11.3 Å². The summed E-state index contributed by atoms with van der Waals surface area (Å²) in [6.07, 6.45) is 8.67. The number of thiazole rings is 1. The van der Waals surface area contributed by atoms with Crippen LogP contribution in [-0.2, 0) is 11.2 Å². The Balaban J connectivity index is 1.68. The predicted molar refractivity (Wildman–Crippen MR) is 100 cm³/mol. The number of hydrogen-bond donors (Lipinski definition) is 1. The summed E-state index contributed by atoms with van der Waals surface area (Å²) in [4.78, 5) is 16.9. The molecule has 0 atom stereocenters. The highest BCUT2D eigenvalue weighted by molar-refractivity contribution is 7.14. The molecule has 130 valence electrons. The lowest BCUT2D eigenvalue weighted by molar-refractivity contribution is -0.115. The van der Waals surface area contributed by atoms with Gasteiger partial charge in [-0.15, -0.1) is 11.3 Å². The molecule has 25 heavy (non-hydrogen) atoms. The molecule has 2 aromatic rings. The highest BCUT2D eigenvalue weighted by Crippen LogP contribution is 2.27. The quantitative estimate of drug-likeness (QED) is 0.847. The predicted octanol–water partition coefficient (Wildman–Crippen LogP) is 4.07. The third-order valence-corrected chi connectivity index (χ3v) is 4.64. The summed E-state index contributed by atoms with van der Waals surface area (Å²) in [7, 11) is 3.18. The lowest BCUT2D eigenvalue weighted by Crippen LogP contribution is -2.15. The van der Waals surface area contributed by atoms with E-state index in [0.29, 0.717) is 16.6 Å². The van der Waals surface area contributed by atoms with Gasteiger partial charge in [-0.1, -0.05) is 18.2 Å². The van der Waals surface area contributed by atoms with Gasteiger partial charge in [0.15, 0.2) is 5.13 Å². The van der Waals surface area contributed by atoms with Crippen molar-refractivity contribution >= 4 is 27.9 Å². The average molecular weight is 356 g/mol. The monoisotopic (exact) mass is 356 g/mol. The van der Waals surface area contributed by atoms with Crippen LogP contribution in [-0.4, -0.2) is 25.1 Å². The van der Waals surface area contributed by atoms with Crippen molar-refractivity contribution in [3.63, 3.8) is 0 Å². The largest absolute Gasteiger partial charge is 0.497 e. The van der Waals surface area contributed by atoms with Crippen molar-refractivity contribution in [2.24, 2.45) is 0 Å². The minimum atomic E-state index is -0.138. The lowest BCUT2D eigenvalue weighted by atomic mass is 10.1. The van der Waals surface area contributed by atoms with E-state index in [1.165, 1.54) is 11.3 Å². The smallest absolute Gasteiger partial charge is 0.230 e. The summed E-state index contributed by atoms with van der Waals surface area (Å²) in [5, 5.41) is 5.42. The second-order valence-electron chi connectivity index (χ2n) is 5.58. The molecule has 0 saturated heterocycles. The molecule has 1 aliphatic carbocycles. The molecule has 1 N–H and O–H groups in total. The molecule has 6 heteroatoms. The Morgan fingerprint density at radius 3 is 2.88 bits per heavy atom. The molecular weight excluding hydrogens is 336 g/mol. The first-order valence-electron chi connectivity index (χ1n) is 8.03. The molecule has 0 bridgehead atoms. The minimum Gasteiger partial charge on any atom is -0.497 e. The third-order valence-electron chi connectivity index (χ3n) is 3.88. The van der Waals surface area contributed by atoms with E-state index in [0.717, 1.165) is 29.7 Å². The summed E-state index contributed by atoms with van der Waals surface area (Å²) >= 11 is 1.43. The number of methoxy groups -OCH3 is 2. The Hall–Kier alpha value is -2.60. The van der Waals surface area contributed by atoms with Crippen LogP contribution in [0.25, 0.3) is 5.57 Å². The molecule has 5 nitrogen and oxygen atoms in total. The molecule has 0 radical (unpaired) electrons. The number of nitrogens with one attached hydrogen (secondary N) is 1. The standard InChI is InChI=1S/C19H20N2O3S/c1-23-15-8-9-17(24-2)14(10-15)11-18(22)21-19-20-16(12-25-19)13-6-4-3-5-7-13/h4,6-10,12H,3,5,11H2,1-2H3,(H,20,21,22). The highest BCUT2D eigenvalue weighted by atomic mass is 32.1. The van der Waals surface area contributed by atoms with Gasteiger partial charge in [0, 0.05) is 10.9 Å². The molecule has 0 saturated carbocycles. The second-order valence-corrected chi connectivity index (χ2v) is 6.44. The Morgan fingerprint density at radius 1 is 1.28 bits per heavy atom. The molecule has 1 aliphatic rings. The van der Waals surface area contributed by atoms with Gasteiger partial charge in [0.25, 0.3) is 0 Å². The van der Waals surface area contributed by atoms with Gasteiger partial charge in [0.2, 0.25) is 5.91 Å². The first kappa shape index (κ1) is 17.2. The van der Waals surface area contributed by atoms with E-state index in [1.54, 1.807) is 26.4 Å². The number of nitrogens with zero attached hydrogens (tertiary/aromatic N) is 1. The van der Waals surface area contributed by atoms with E-state index in [-0.39, 0.29) is 12.3 Å². The topological polar surface area (TPSA) is 60.5 Å². The number of benzene rings is 1. The number of carbonyl (C=O) groups excluding carboxylic acids is 1. The van der Waals surface area contributed by atoms with Crippen LogP contribution in [0.1, 0.15) is 24.1 Å². The lowest BCUT2D eigenvalue weighted by Gasteiger charge is -2.10. The summed E-state index contributed by atoms with van der Waals surface area (Å²) in [6.45, 7) is 0. The van der Waals surface area contributed by atoms with E-state index in [4.69, 9.17) is 9.47 Å². The molecule has 0 unspecified atom stereocenters. The van der Waals surface area contributed by atoms with Gasteiger partial charge in [-0.05, 0) is 36.6 Å². The van der Waals surface area contributed by atoms with Crippen molar-refractivity contribution in [3.05, 3.63) is 53.1 Å². The van der Waals surface area contributed by atoms with Crippen molar-refractivity contribution in [3.8, 4) is 11.5 Å². The maximum atomic E-state index is 12.4. The Bertz CT molecular complexity index is 824. The summed E-state index contributed by atoms with van der Waals surface area (Å²) in [5.41, 5.74) is 2.78. The van der Waals surface area contributed by atoms with Crippen molar-refractivity contribution in [1.29, 1.82) is 0 Å². The maximum absolute atomic E-state index is 12.4. The van der Waals surface area contributed by atoms with Crippen LogP contribution in [0.15, 0.2) is 41.8 Å². The van der Waals surface area contributed by atoms with Gasteiger partial charge >= 0.3 is 0 Å². The first-order valence-corrected chi connectivity index (χ1v) is 8.91. The van der Waals surface area contributed by atoms with Gasteiger partial charge in [-0.3, -0.25) is 4.79 Å². The zero-order chi connectivity index (χ0) is 17.6. The van der Waals surface area contributed by atoms with Gasteiger partial charge in [0.1, 0.15) is 11.5 Å². The van der Waals surface area contributed by atoms with Crippen molar-refractivity contribution in [2.75, 3.05) is 19.5 Å². The van der Waals surface area contributed by atoms with Crippen LogP contribution in [0.2, 0.25) is 0 Å². The summed E-state index contributed by atoms with van der Waals surface area (Å²) < 4.78 is 10.5. The first-order chi connectivity index (χ1) is 12.2. The number of carbonyl (C=O) groups is 1. The zero-order valence-electron chi connectivity index (χ0n) is 14.2. The number of aromatic nitrogens is 1. The fourth-order valence-electron chi connectivity index (χ4n) is 2.62. The normalized spacial score (nSPS) is 13.3. The molecular formula is C19H20N2O3S. The van der Waals surface area contributed by atoms with Gasteiger partial charge in [-0.2, -0.15) is 0 Å². The van der Waals surface area contributed by atoms with Crippen molar-refractivity contribution < 1.29 is 14.3 Å². The molecule has 0 spiro atoms. The number of hydrogen-bond acceptors (Lipinski definition) is 5. The van der Waals surface area contributed by atoms with Gasteiger partial charge in [0.05, 0.1) is 26.3 Å².